The maximum atomic E-state index is 12.3. The highest BCUT2D eigenvalue weighted by Gasteiger charge is 2.28. The number of rotatable bonds is 2. The third-order valence-electron chi connectivity index (χ3n) is 3.31. The average Bonchev–Trinajstić information content (AvgIpc) is 2.44. The maximum absolute atomic E-state index is 12.3. The molecule has 18 heavy (non-hydrogen) atoms. The van der Waals surface area contributed by atoms with Gasteiger partial charge in [0.1, 0.15) is 0 Å². The smallest absolute Gasteiger partial charge is 0.237 e. The Morgan fingerprint density at radius 2 is 2.22 bits per heavy atom. The van der Waals surface area contributed by atoms with Crippen molar-refractivity contribution in [1.29, 1.82) is 0 Å². The fraction of sp³-hybridized carbons (Fsp3) is 0.385. The Hall–Kier alpha value is -2.04. The van der Waals surface area contributed by atoms with Gasteiger partial charge < -0.3 is 15.8 Å². The van der Waals surface area contributed by atoms with Crippen LogP contribution in [0.25, 0.3) is 0 Å². The van der Waals surface area contributed by atoms with Crippen molar-refractivity contribution in [1.82, 2.24) is 0 Å². The van der Waals surface area contributed by atoms with Crippen LogP contribution in [0.5, 0.6) is 0 Å². The van der Waals surface area contributed by atoms with Gasteiger partial charge in [0.15, 0.2) is 5.84 Å². The third-order valence-corrected chi connectivity index (χ3v) is 3.31. The monoisotopic (exact) mass is 247 g/mol. The fourth-order valence-electron chi connectivity index (χ4n) is 2.21. The first-order valence-corrected chi connectivity index (χ1v) is 6.02. The second-order valence-electron chi connectivity index (χ2n) is 4.47. The normalized spacial score (nSPS) is 17.2. The minimum atomic E-state index is -0.610. The van der Waals surface area contributed by atoms with E-state index in [-0.39, 0.29) is 11.7 Å². The van der Waals surface area contributed by atoms with Gasteiger partial charge in [0.05, 0.1) is 5.92 Å². The van der Waals surface area contributed by atoms with Crippen molar-refractivity contribution in [3.63, 3.8) is 0 Å². The minimum Gasteiger partial charge on any atom is -0.409 e. The molecule has 1 heterocycles. The summed E-state index contributed by atoms with van der Waals surface area (Å²) in [5.41, 5.74) is 7.60. The number of nitrogens with two attached hydrogens (primary N) is 1. The largest absolute Gasteiger partial charge is 0.409 e. The Morgan fingerprint density at radius 3 is 2.94 bits per heavy atom. The highest BCUT2D eigenvalue weighted by atomic mass is 16.4. The summed E-state index contributed by atoms with van der Waals surface area (Å²) in [6.45, 7) is 2.33. The summed E-state index contributed by atoms with van der Waals surface area (Å²) in [6.07, 6.45) is 1.92. The zero-order chi connectivity index (χ0) is 13.1. The van der Waals surface area contributed by atoms with Crippen LogP contribution in [-0.4, -0.2) is 23.5 Å². The zero-order valence-corrected chi connectivity index (χ0v) is 10.3. The van der Waals surface area contributed by atoms with Gasteiger partial charge in [-0.1, -0.05) is 23.4 Å². The molecule has 0 bridgehead atoms. The molecule has 2 rings (SSSR count). The quantitative estimate of drug-likeness (QED) is 0.358. The molecule has 3 N–H and O–H groups in total. The molecule has 0 radical (unpaired) electrons. The van der Waals surface area contributed by atoms with Gasteiger partial charge in [-0.15, -0.1) is 0 Å². The van der Waals surface area contributed by atoms with Crippen LogP contribution >= 0.6 is 0 Å². The van der Waals surface area contributed by atoms with E-state index in [4.69, 9.17) is 10.9 Å². The SMILES string of the molecule is CC(C(=O)N1CCCc2ccccc21)C(N)=NO. The number of benzene rings is 1. The number of oxime groups is 1. The molecule has 1 aromatic rings. The molecule has 1 atom stereocenters. The molecule has 1 amide bonds. The van der Waals surface area contributed by atoms with Crippen molar-refractivity contribution >= 4 is 17.4 Å². The highest BCUT2D eigenvalue weighted by molar-refractivity contribution is 6.09. The van der Waals surface area contributed by atoms with E-state index in [1.807, 2.05) is 24.3 Å². The molecule has 0 aliphatic carbocycles. The van der Waals surface area contributed by atoms with E-state index in [0.29, 0.717) is 6.54 Å². The molecule has 1 aliphatic rings. The minimum absolute atomic E-state index is 0.0527. The number of hydrogen-bond acceptors (Lipinski definition) is 3. The van der Waals surface area contributed by atoms with Crippen LogP contribution in [0.2, 0.25) is 0 Å². The van der Waals surface area contributed by atoms with Gasteiger partial charge in [-0.25, -0.2) is 0 Å². The molecule has 0 spiro atoms. The van der Waals surface area contributed by atoms with Crippen LogP contribution in [0, 0.1) is 5.92 Å². The number of carbonyl (C=O) groups excluding carboxylic acids is 1. The molecule has 5 nitrogen and oxygen atoms in total. The Kier molecular flexibility index (Phi) is 3.50. The number of fused-ring (bicyclic) bond motifs is 1. The summed E-state index contributed by atoms with van der Waals surface area (Å²) in [7, 11) is 0. The molecule has 1 aromatic carbocycles. The summed E-state index contributed by atoms with van der Waals surface area (Å²) in [4.78, 5) is 14.0. The number of amides is 1. The third kappa shape index (κ3) is 2.16. The number of nitrogens with zero attached hydrogens (tertiary/aromatic N) is 2. The van der Waals surface area contributed by atoms with Crippen LogP contribution in [0.15, 0.2) is 29.4 Å². The van der Waals surface area contributed by atoms with E-state index in [9.17, 15) is 4.79 Å². The molecule has 5 heteroatoms. The Balaban J connectivity index is 2.28. The van der Waals surface area contributed by atoms with Crippen molar-refractivity contribution in [2.24, 2.45) is 16.8 Å². The van der Waals surface area contributed by atoms with E-state index >= 15 is 0 Å². The lowest BCUT2D eigenvalue weighted by atomic mass is 9.99. The first kappa shape index (κ1) is 12.4. The second-order valence-corrected chi connectivity index (χ2v) is 4.47. The first-order valence-electron chi connectivity index (χ1n) is 6.02. The van der Waals surface area contributed by atoms with Gasteiger partial charge in [0.25, 0.3) is 0 Å². The fourth-order valence-corrected chi connectivity index (χ4v) is 2.21. The highest BCUT2D eigenvalue weighted by Crippen LogP contribution is 2.27. The number of aryl methyl sites for hydroxylation is 1. The molecule has 0 saturated carbocycles. The van der Waals surface area contributed by atoms with Crippen molar-refractivity contribution < 1.29 is 10.0 Å². The molecular weight excluding hydrogens is 230 g/mol. The van der Waals surface area contributed by atoms with Crippen LogP contribution in [0.1, 0.15) is 18.9 Å². The summed E-state index contributed by atoms with van der Waals surface area (Å²) < 4.78 is 0. The van der Waals surface area contributed by atoms with E-state index < -0.39 is 5.92 Å². The number of para-hydroxylation sites is 1. The van der Waals surface area contributed by atoms with Gasteiger partial charge in [0, 0.05) is 12.2 Å². The van der Waals surface area contributed by atoms with Crippen molar-refractivity contribution in [3.8, 4) is 0 Å². The lowest BCUT2D eigenvalue weighted by molar-refractivity contribution is -0.120. The predicted octanol–water partition coefficient (Wildman–Crippen LogP) is 1.35. The van der Waals surface area contributed by atoms with Crippen molar-refractivity contribution in [2.75, 3.05) is 11.4 Å². The Morgan fingerprint density at radius 1 is 1.50 bits per heavy atom. The molecule has 1 unspecified atom stereocenters. The van der Waals surface area contributed by atoms with E-state index in [1.54, 1.807) is 11.8 Å². The van der Waals surface area contributed by atoms with Gasteiger partial charge in [-0.05, 0) is 31.4 Å². The molecule has 0 saturated heterocycles. The lowest BCUT2D eigenvalue weighted by Gasteiger charge is -2.31. The van der Waals surface area contributed by atoms with Crippen LogP contribution in [-0.2, 0) is 11.2 Å². The summed E-state index contributed by atoms with van der Waals surface area (Å²) in [5, 5.41) is 11.5. The topological polar surface area (TPSA) is 78.9 Å². The van der Waals surface area contributed by atoms with Gasteiger partial charge in [-0.3, -0.25) is 4.79 Å². The first-order chi connectivity index (χ1) is 8.65. The standard InChI is InChI=1S/C13H17N3O2/c1-9(12(14)15-18)13(17)16-8-4-6-10-5-2-3-7-11(10)16/h2-3,5,7,9,18H,4,6,8H2,1H3,(H2,14,15). The molecule has 96 valence electrons. The summed E-state index contributed by atoms with van der Waals surface area (Å²) >= 11 is 0. The number of anilines is 1. The second kappa shape index (κ2) is 5.08. The van der Waals surface area contributed by atoms with E-state index in [1.165, 1.54) is 5.56 Å². The predicted molar refractivity (Wildman–Crippen MR) is 69.7 cm³/mol. The Bertz CT molecular complexity index is 485. The molecular formula is C13H17N3O2. The van der Waals surface area contributed by atoms with E-state index in [0.717, 1.165) is 18.5 Å². The van der Waals surface area contributed by atoms with Gasteiger partial charge in [0.2, 0.25) is 5.91 Å². The van der Waals surface area contributed by atoms with Crippen LogP contribution in [0.4, 0.5) is 5.69 Å². The van der Waals surface area contributed by atoms with E-state index in [2.05, 4.69) is 5.16 Å². The summed E-state index contributed by atoms with van der Waals surface area (Å²) in [6, 6.07) is 7.85. The number of carbonyl (C=O) groups is 1. The summed E-state index contributed by atoms with van der Waals surface area (Å²) in [5.74, 6) is -0.790. The van der Waals surface area contributed by atoms with Crippen molar-refractivity contribution in [3.05, 3.63) is 29.8 Å². The molecule has 0 fully saturated rings. The molecule has 1 aliphatic heterocycles. The number of amidine groups is 1. The zero-order valence-electron chi connectivity index (χ0n) is 10.3. The Labute approximate surface area is 106 Å². The maximum Gasteiger partial charge on any atom is 0.237 e. The van der Waals surface area contributed by atoms with Gasteiger partial charge >= 0.3 is 0 Å². The van der Waals surface area contributed by atoms with Gasteiger partial charge in [-0.2, -0.15) is 0 Å². The number of hydrogen-bond donors (Lipinski definition) is 2. The average molecular weight is 247 g/mol. The lowest BCUT2D eigenvalue weighted by Crippen LogP contribution is -2.43. The van der Waals surface area contributed by atoms with Crippen LogP contribution < -0.4 is 10.6 Å². The van der Waals surface area contributed by atoms with Crippen molar-refractivity contribution in [2.45, 2.75) is 19.8 Å². The van der Waals surface area contributed by atoms with Crippen LogP contribution in [0.3, 0.4) is 0 Å². The molecule has 0 aromatic heterocycles.